The Morgan fingerprint density at radius 3 is 3.05 bits per heavy atom. The third-order valence-electron chi connectivity index (χ3n) is 3.09. The number of hydrogen-bond acceptors (Lipinski definition) is 5. The SMILES string of the molecule is COc1cccc(Nc2nc3c(s2)C(=O)CCC3)c1. The molecular weight excluding hydrogens is 260 g/mol. The Labute approximate surface area is 115 Å². The summed E-state index contributed by atoms with van der Waals surface area (Å²) in [4.78, 5) is 17.1. The Kier molecular flexibility index (Phi) is 3.21. The van der Waals surface area contributed by atoms with E-state index in [1.165, 1.54) is 11.3 Å². The van der Waals surface area contributed by atoms with Crippen molar-refractivity contribution in [3.05, 3.63) is 34.8 Å². The quantitative estimate of drug-likeness (QED) is 0.931. The molecule has 0 radical (unpaired) electrons. The van der Waals surface area contributed by atoms with Crippen LogP contribution in [0.1, 0.15) is 28.2 Å². The summed E-state index contributed by atoms with van der Waals surface area (Å²) >= 11 is 1.44. The molecule has 1 N–H and O–H groups in total. The van der Waals surface area contributed by atoms with Gasteiger partial charge in [0.1, 0.15) is 5.75 Å². The van der Waals surface area contributed by atoms with Crippen molar-refractivity contribution in [2.45, 2.75) is 19.3 Å². The number of ketones is 1. The van der Waals surface area contributed by atoms with E-state index < -0.39 is 0 Å². The highest BCUT2D eigenvalue weighted by atomic mass is 32.1. The van der Waals surface area contributed by atoms with Gasteiger partial charge in [0, 0.05) is 18.2 Å². The number of nitrogens with one attached hydrogen (secondary N) is 1. The Morgan fingerprint density at radius 1 is 1.37 bits per heavy atom. The van der Waals surface area contributed by atoms with Crippen LogP contribution in [0.15, 0.2) is 24.3 Å². The highest BCUT2D eigenvalue weighted by molar-refractivity contribution is 7.17. The Balaban J connectivity index is 1.85. The van der Waals surface area contributed by atoms with Crippen LogP contribution in [0.25, 0.3) is 0 Å². The number of carbonyl (C=O) groups is 1. The fourth-order valence-electron chi connectivity index (χ4n) is 2.15. The number of nitrogens with zero attached hydrogens (tertiary/aromatic N) is 1. The number of aromatic nitrogens is 1. The van der Waals surface area contributed by atoms with Crippen LogP contribution in [0.3, 0.4) is 0 Å². The largest absolute Gasteiger partial charge is 0.497 e. The number of aryl methyl sites for hydroxylation is 1. The molecule has 0 fully saturated rings. The van der Waals surface area contributed by atoms with E-state index in [1.54, 1.807) is 7.11 Å². The zero-order chi connectivity index (χ0) is 13.2. The number of anilines is 2. The number of hydrogen-bond donors (Lipinski definition) is 1. The fourth-order valence-corrected chi connectivity index (χ4v) is 3.15. The third kappa shape index (κ3) is 2.46. The number of carbonyl (C=O) groups excluding carboxylic acids is 1. The van der Waals surface area contributed by atoms with Gasteiger partial charge in [0.2, 0.25) is 0 Å². The smallest absolute Gasteiger partial charge is 0.188 e. The molecule has 0 bridgehead atoms. The van der Waals surface area contributed by atoms with Crippen molar-refractivity contribution in [1.29, 1.82) is 0 Å². The van der Waals surface area contributed by atoms with Gasteiger partial charge in [0.25, 0.3) is 0 Å². The molecule has 0 amide bonds. The minimum atomic E-state index is 0.220. The lowest BCUT2D eigenvalue weighted by Crippen LogP contribution is -2.07. The Bertz CT molecular complexity index is 622. The zero-order valence-electron chi connectivity index (χ0n) is 10.6. The summed E-state index contributed by atoms with van der Waals surface area (Å²) in [7, 11) is 1.64. The Morgan fingerprint density at radius 2 is 2.26 bits per heavy atom. The molecule has 19 heavy (non-hydrogen) atoms. The van der Waals surface area contributed by atoms with Crippen molar-refractivity contribution in [2.75, 3.05) is 12.4 Å². The monoisotopic (exact) mass is 274 g/mol. The lowest BCUT2D eigenvalue weighted by molar-refractivity contribution is 0.0976. The normalized spacial score (nSPS) is 14.1. The maximum absolute atomic E-state index is 11.8. The van der Waals surface area contributed by atoms with Crippen LogP contribution >= 0.6 is 11.3 Å². The van der Waals surface area contributed by atoms with Gasteiger partial charge in [0.05, 0.1) is 17.7 Å². The number of rotatable bonds is 3. The summed E-state index contributed by atoms with van der Waals surface area (Å²) in [6, 6.07) is 7.66. The van der Waals surface area contributed by atoms with Gasteiger partial charge in [-0.05, 0) is 25.0 Å². The van der Waals surface area contributed by atoms with Gasteiger partial charge in [-0.15, -0.1) is 0 Å². The number of Topliss-reactive ketones (excluding diaryl/α,β-unsaturated/α-hetero) is 1. The number of ether oxygens (including phenoxy) is 1. The highest BCUT2D eigenvalue weighted by Gasteiger charge is 2.22. The van der Waals surface area contributed by atoms with Crippen molar-refractivity contribution in [3.8, 4) is 5.75 Å². The van der Waals surface area contributed by atoms with Crippen LogP contribution in [0.2, 0.25) is 0 Å². The molecule has 1 aliphatic rings. The van der Waals surface area contributed by atoms with Gasteiger partial charge in [-0.3, -0.25) is 4.79 Å². The van der Waals surface area contributed by atoms with Gasteiger partial charge >= 0.3 is 0 Å². The number of fused-ring (bicyclic) bond motifs is 1. The van der Waals surface area contributed by atoms with E-state index in [2.05, 4.69) is 10.3 Å². The molecule has 0 aliphatic heterocycles. The molecule has 1 heterocycles. The number of benzene rings is 1. The molecule has 0 saturated heterocycles. The molecule has 3 rings (SSSR count). The summed E-state index contributed by atoms with van der Waals surface area (Å²) in [6.07, 6.45) is 2.46. The second-order valence-corrected chi connectivity index (χ2v) is 5.43. The van der Waals surface area contributed by atoms with Gasteiger partial charge in [-0.2, -0.15) is 0 Å². The van der Waals surface area contributed by atoms with Gasteiger partial charge in [-0.25, -0.2) is 4.98 Å². The minimum absolute atomic E-state index is 0.220. The van der Waals surface area contributed by atoms with Crippen LogP contribution in [-0.4, -0.2) is 17.9 Å². The van der Waals surface area contributed by atoms with E-state index in [0.29, 0.717) is 6.42 Å². The van der Waals surface area contributed by atoms with Crippen molar-refractivity contribution in [3.63, 3.8) is 0 Å². The van der Waals surface area contributed by atoms with E-state index in [9.17, 15) is 4.79 Å². The van der Waals surface area contributed by atoms with Crippen molar-refractivity contribution in [1.82, 2.24) is 4.98 Å². The molecule has 1 aliphatic carbocycles. The first-order valence-corrected chi connectivity index (χ1v) is 7.02. The molecule has 0 unspecified atom stereocenters. The van der Waals surface area contributed by atoms with Crippen LogP contribution in [0.4, 0.5) is 10.8 Å². The Hall–Kier alpha value is -1.88. The summed E-state index contributed by atoms with van der Waals surface area (Å²) in [5.74, 6) is 1.01. The van der Waals surface area contributed by atoms with Crippen molar-refractivity contribution in [2.24, 2.45) is 0 Å². The van der Waals surface area contributed by atoms with Gasteiger partial charge in [0.15, 0.2) is 10.9 Å². The first-order valence-electron chi connectivity index (χ1n) is 6.20. The van der Waals surface area contributed by atoms with E-state index >= 15 is 0 Å². The molecule has 0 saturated carbocycles. The molecule has 0 atom stereocenters. The molecule has 4 nitrogen and oxygen atoms in total. The molecule has 5 heteroatoms. The van der Waals surface area contributed by atoms with Gasteiger partial charge in [-0.1, -0.05) is 17.4 Å². The molecule has 2 aromatic rings. The predicted octanol–water partition coefficient (Wildman–Crippen LogP) is 3.41. The molecule has 1 aromatic carbocycles. The second kappa shape index (κ2) is 5.01. The maximum atomic E-state index is 11.8. The van der Waals surface area contributed by atoms with Crippen LogP contribution < -0.4 is 10.1 Å². The van der Waals surface area contributed by atoms with Crippen LogP contribution in [0, 0.1) is 0 Å². The average molecular weight is 274 g/mol. The summed E-state index contributed by atoms with van der Waals surface area (Å²) in [6.45, 7) is 0. The van der Waals surface area contributed by atoms with E-state index in [1.807, 2.05) is 24.3 Å². The summed E-state index contributed by atoms with van der Waals surface area (Å²) in [5, 5.41) is 4.00. The maximum Gasteiger partial charge on any atom is 0.188 e. The van der Waals surface area contributed by atoms with Crippen LogP contribution in [0.5, 0.6) is 5.75 Å². The summed E-state index contributed by atoms with van der Waals surface area (Å²) in [5.41, 5.74) is 1.85. The lowest BCUT2D eigenvalue weighted by Gasteiger charge is -2.05. The van der Waals surface area contributed by atoms with E-state index in [-0.39, 0.29) is 5.78 Å². The molecule has 1 aromatic heterocycles. The fraction of sp³-hybridized carbons (Fsp3) is 0.286. The minimum Gasteiger partial charge on any atom is -0.497 e. The average Bonchev–Trinajstić information content (AvgIpc) is 2.83. The predicted molar refractivity (Wildman–Crippen MR) is 75.7 cm³/mol. The summed E-state index contributed by atoms with van der Waals surface area (Å²) < 4.78 is 5.18. The zero-order valence-corrected chi connectivity index (χ0v) is 11.4. The topological polar surface area (TPSA) is 51.2 Å². The van der Waals surface area contributed by atoms with Crippen molar-refractivity contribution < 1.29 is 9.53 Å². The van der Waals surface area contributed by atoms with Crippen LogP contribution in [-0.2, 0) is 6.42 Å². The molecular formula is C14H14N2O2S. The number of methoxy groups -OCH3 is 1. The molecule has 0 spiro atoms. The molecule has 98 valence electrons. The number of thiazole rings is 1. The first-order chi connectivity index (χ1) is 9.26. The standard InChI is InChI=1S/C14H14N2O2S/c1-18-10-5-2-4-9(8-10)15-14-16-11-6-3-7-12(17)13(11)19-14/h2,4-5,8H,3,6-7H2,1H3,(H,15,16). The van der Waals surface area contributed by atoms with E-state index in [4.69, 9.17) is 4.74 Å². The van der Waals surface area contributed by atoms with E-state index in [0.717, 1.165) is 40.0 Å². The third-order valence-corrected chi connectivity index (χ3v) is 4.14. The highest BCUT2D eigenvalue weighted by Crippen LogP contribution is 2.31. The van der Waals surface area contributed by atoms with Crippen molar-refractivity contribution >= 4 is 27.9 Å². The van der Waals surface area contributed by atoms with Gasteiger partial charge < -0.3 is 10.1 Å². The second-order valence-electron chi connectivity index (χ2n) is 4.43. The lowest BCUT2D eigenvalue weighted by atomic mass is 10.0. The first kappa shape index (κ1) is 12.2.